The average Bonchev–Trinajstić information content (AvgIpc) is 3.27. The van der Waals surface area contributed by atoms with Crippen molar-refractivity contribution in [1.82, 2.24) is 40.4 Å². The summed E-state index contributed by atoms with van der Waals surface area (Å²) >= 11 is 8.49. The first-order chi connectivity index (χ1) is 17.7. The fourth-order valence-corrected chi connectivity index (χ4v) is 5.97. The van der Waals surface area contributed by atoms with Gasteiger partial charge in [0.15, 0.2) is 5.71 Å². The van der Waals surface area contributed by atoms with Crippen molar-refractivity contribution >= 4 is 71.0 Å². The lowest BCUT2D eigenvalue weighted by Gasteiger charge is -2.49. The molecule has 2 aliphatic rings. The molecule has 16 nitrogen and oxygen atoms in total. The van der Waals surface area contributed by atoms with Gasteiger partial charge in [0.25, 0.3) is 11.8 Å². The molecule has 0 saturated carbocycles. The molecule has 3 N–H and O–H groups in total. The summed E-state index contributed by atoms with van der Waals surface area (Å²) < 4.78 is 1.45. The maximum atomic E-state index is 13.0. The highest BCUT2D eigenvalue weighted by Crippen LogP contribution is 2.41. The third-order valence-corrected chi connectivity index (χ3v) is 7.65. The van der Waals surface area contributed by atoms with E-state index in [9.17, 15) is 24.3 Å². The third-order valence-electron chi connectivity index (χ3n) is 5.02. The maximum Gasteiger partial charge on any atom is 0.352 e. The van der Waals surface area contributed by atoms with E-state index in [0.717, 1.165) is 4.90 Å². The zero-order valence-corrected chi connectivity index (χ0v) is 21.4. The molecule has 37 heavy (non-hydrogen) atoms. The van der Waals surface area contributed by atoms with Crippen molar-refractivity contribution in [2.75, 3.05) is 23.9 Å². The number of β-lactam (4-membered cyclic amide) rings is 1. The van der Waals surface area contributed by atoms with Gasteiger partial charge in [-0.3, -0.25) is 24.6 Å². The number of tetrazole rings is 1. The minimum absolute atomic E-state index is 0.0766. The highest BCUT2D eigenvalue weighted by molar-refractivity contribution is 8.01. The van der Waals surface area contributed by atoms with Gasteiger partial charge in [-0.2, -0.15) is 0 Å². The van der Waals surface area contributed by atoms with Crippen molar-refractivity contribution in [3.8, 4) is 0 Å². The van der Waals surface area contributed by atoms with Crippen LogP contribution in [-0.4, -0.2) is 100 Å². The van der Waals surface area contributed by atoms with Crippen LogP contribution in [-0.2, 0) is 31.1 Å². The number of oxime groups is 1. The van der Waals surface area contributed by atoms with Crippen molar-refractivity contribution in [2.45, 2.75) is 16.6 Å². The Morgan fingerprint density at radius 1 is 1.43 bits per heavy atom. The molecule has 2 aromatic rings. The molecular formula is C18H17ClN10O6S2. The standard InChI is InChI=1S/C18H17ClN10O6S2/c1-28-18(24-26-27-28)37-5-7-4-36-15-11(14(32)29(15)12(7)16(33)34)23-13(31)10(25-35-2)8-3-9(19)22-17(21-8)20-6-30/h3,6,11,15H,4-5H2,1-2H3,(H,23,31)(H,33,34)(H,20,21,22,30)/b25-10-/t11?,15-/m1/s1. The van der Waals surface area contributed by atoms with Crippen molar-refractivity contribution < 1.29 is 29.1 Å². The lowest BCUT2D eigenvalue weighted by molar-refractivity contribution is -0.150. The quantitative estimate of drug-likeness (QED) is 0.0794. The smallest absolute Gasteiger partial charge is 0.352 e. The summed E-state index contributed by atoms with van der Waals surface area (Å²) in [5.74, 6) is -2.31. The summed E-state index contributed by atoms with van der Waals surface area (Å²) in [6, 6.07) is 0.192. The van der Waals surface area contributed by atoms with Crippen LogP contribution in [0.5, 0.6) is 0 Å². The van der Waals surface area contributed by atoms with Crippen molar-refractivity contribution in [3.05, 3.63) is 28.2 Å². The van der Waals surface area contributed by atoms with Crippen LogP contribution < -0.4 is 10.6 Å². The van der Waals surface area contributed by atoms with Crippen molar-refractivity contribution in [1.29, 1.82) is 0 Å². The van der Waals surface area contributed by atoms with E-state index >= 15 is 0 Å². The zero-order chi connectivity index (χ0) is 26.7. The Hall–Kier alpha value is -3.77. The van der Waals surface area contributed by atoms with Gasteiger partial charge in [-0.25, -0.2) is 19.4 Å². The summed E-state index contributed by atoms with van der Waals surface area (Å²) in [5.41, 5.74) is -0.0318. The van der Waals surface area contributed by atoms with Crippen LogP contribution in [0.2, 0.25) is 5.15 Å². The average molecular weight is 569 g/mol. The number of nitrogens with one attached hydrogen (secondary N) is 2. The minimum Gasteiger partial charge on any atom is -0.477 e. The number of aryl methyl sites for hydroxylation is 1. The molecule has 4 rings (SSSR count). The number of anilines is 1. The van der Waals surface area contributed by atoms with Crippen LogP contribution in [0.1, 0.15) is 5.69 Å². The molecule has 2 aromatic heterocycles. The van der Waals surface area contributed by atoms with Gasteiger partial charge in [-0.1, -0.05) is 28.5 Å². The number of hydrogen-bond donors (Lipinski definition) is 3. The number of halogens is 1. The number of carboxylic acids is 1. The monoisotopic (exact) mass is 568 g/mol. The van der Waals surface area contributed by atoms with E-state index in [2.05, 4.69) is 41.3 Å². The van der Waals surface area contributed by atoms with E-state index in [1.165, 1.54) is 41.4 Å². The lowest BCUT2D eigenvalue weighted by atomic mass is 10.0. The summed E-state index contributed by atoms with van der Waals surface area (Å²) in [4.78, 5) is 62.5. The normalized spacial score (nSPS) is 19.2. The summed E-state index contributed by atoms with van der Waals surface area (Å²) in [7, 11) is 2.86. The fraction of sp³-hybridized carbons (Fsp3) is 0.333. The number of amides is 3. The number of rotatable bonds is 10. The zero-order valence-electron chi connectivity index (χ0n) is 19.0. The molecular weight excluding hydrogens is 552 g/mol. The van der Waals surface area contributed by atoms with Crippen LogP contribution in [0, 0.1) is 0 Å². The fourth-order valence-electron chi connectivity index (χ4n) is 3.45. The number of carboxylic acid groups (broad SMARTS) is 1. The second-order valence-electron chi connectivity index (χ2n) is 7.28. The molecule has 2 aliphatic heterocycles. The van der Waals surface area contributed by atoms with Crippen LogP contribution in [0.15, 0.2) is 27.6 Å². The van der Waals surface area contributed by atoms with Gasteiger partial charge < -0.3 is 15.3 Å². The molecule has 0 radical (unpaired) electrons. The second-order valence-corrected chi connectivity index (χ2v) is 9.71. The molecule has 0 aliphatic carbocycles. The van der Waals surface area contributed by atoms with Gasteiger partial charge in [0, 0.05) is 24.6 Å². The lowest BCUT2D eigenvalue weighted by Crippen LogP contribution is -2.71. The van der Waals surface area contributed by atoms with Crippen molar-refractivity contribution in [3.63, 3.8) is 0 Å². The molecule has 1 unspecified atom stereocenters. The Morgan fingerprint density at radius 3 is 2.86 bits per heavy atom. The van der Waals surface area contributed by atoms with Gasteiger partial charge in [-0.15, -0.1) is 16.9 Å². The predicted molar refractivity (Wildman–Crippen MR) is 129 cm³/mol. The second kappa shape index (κ2) is 11.1. The van der Waals surface area contributed by atoms with Crippen LogP contribution >= 0.6 is 35.1 Å². The number of carbonyl (C=O) groups excluding carboxylic acids is 3. The van der Waals surface area contributed by atoms with E-state index in [4.69, 9.17) is 16.4 Å². The Labute approximate surface area is 221 Å². The van der Waals surface area contributed by atoms with Crippen molar-refractivity contribution in [2.24, 2.45) is 12.2 Å². The molecule has 194 valence electrons. The summed E-state index contributed by atoms with van der Waals surface area (Å²) in [6.45, 7) is 0. The molecule has 3 amide bonds. The summed E-state index contributed by atoms with van der Waals surface area (Å²) in [5, 5.41) is 29.2. The number of thioether (sulfide) groups is 2. The molecule has 0 bridgehead atoms. The topological polar surface area (TPSA) is 207 Å². The largest absolute Gasteiger partial charge is 0.477 e. The molecule has 4 heterocycles. The molecule has 1 saturated heterocycles. The predicted octanol–water partition coefficient (Wildman–Crippen LogP) is -0.897. The molecule has 2 atom stereocenters. The first-order valence-electron chi connectivity index (χ1n) is 10.2. The number of aromatic nitrogens is 6. The van der Waals surface area contributed by atoms with Gasteiger partial charge in [0.1, 0.15) is 35.1 Å². The van der Waals surface area contributed by atoms with E-state index < -0.39 is 29.2 Å². The van der Waals surface area contributed by atoms with E-state index in [1.54, 1.807) is 7.05 Å². The Kier molecular flexibility index (Phi) is 7.89. The van der Waals surface area contributed by atoms with Gasteiger partial charge in [0.05, 0.1) is 0 Å². The summed E-state index contributed by atoms with van der Waals surface area (Å²) in [6.07, 6.45) is 0.328. The van der Waals surface area contributed by atoms with Gasteiger partial charge in [-0.05, 0) is 16.0 Å². The molecule has 0 spiro atoms. The first-order valence-corrected chi connectivity index (χ1v) is 12.6. The SMILES string of the molecule is CO/N=C(\C(=O)NC1C(=O)N2C(C(=O)O)=C(CSc3nnnn3C)CS[C@H]12)c1cc(Cl)nc(NC=O)n1. The Balaban J connectivity index is 1.52. The number of nitrogens with zero attached hydrogens (tertiary/aromatic N) is 8. The van der Waals surface area contributed by atoms with Gasteiger partial charge in [0.2, 0.25) is 17.5 Å². The van der Waals surface area contributed by atoms with Crippen LogP contribution in [0.25, 0.3) is 0 Å². The third kappa shape index (κ3) is 5.35. The maximum absolute atomic E-state index is 13.0. The number of fused-ring (bicyclic) bond motifs is 1. The van der Waals surface area contributed by atoms with Crippen LogP contribution in [0.3, 0.4) is 0 Å². The highest BCUT2D eigenvalue weighted by atomic mass is 35.5. The minimum atomic E-state index is -1.26. The number of carbonyl (C=O) groups is 4. The first kappa shape index (κ1) is 26.3. The molecule has 1 fully saturated rings. The van der Waals surface area contributed by atoms with E-state index in [0.29, 0.717) is 22.9 Å². The molecule has 0 aromatic carbocycles. The Morgan fingerprint density at radius 2 is 2.22 bits per heavy atom. The van der Waals surface area contributed by atoms with E-state index in [1.807, 2.05) is 0 Å². The van der Waals surface area contributed by atoms with E-state index in [-0.39, 0.29) is 34.0 Å². The van der Waals surface area contributed by atoms with Crippen LogP contribution in [0.4, 0.5) is 5.95 Å². The number of hydrogen-bond acceptors (Lipinski definition) is 13. The highest BCUT2D eigenvalue weighted by Gasteiger charge is 2.54. The molecule has 19 heteroatoms. The van der Waals surface area contributed by atoms with Gasteiger partial charge >= 0.3 is 5.97 Å². The number of aliphatic carboxylic acids is 1. The Bertz CT molecular complexity index is 1330.